The standard InChI is InChI=1S/C28H31NO2/c1-20(19-21-13-7-5-8-14-21)26(30)25(22-15-9-6-10-16-22)23-17-11-12-18-24(23)29-27(31)28(2,3)4/h5-19,25-26,30H,1-4H3,(H,29,31)/b20-19+/t25-,26-/m1/s1. The smallest absolute Gasteiger partial charge is 0.229 e. The van der Waals surface area contributed by atoms with Crippen LogP contribution in [0.5, 0.6) is 0 Å². The largest absolute Gasteiger partial charge is 0.388 e. The second-order valence-corrected chi connectivity index (χ2v) is 8.92. The Labute approximate surface area is 185 Å². The maximum atomic E-state index is 12.7. The summed E-state index contributed by atoms with van der Waals surface area (Å²) in [6.45, 7) is 7.62. The van der Waals surface area contributed by atoms with Gasteiger partial charge in [0.1, 0.15) is 0 Å². The molecule has 3 aromatic rings. The zero-order valence-electron chi connectivity index (χ0n) is 18.7. The zero-order valence-corrected chi connectivity index (χ0v) is 18.7. The third-order valence-electron chi connectivity index (χ3n) is 5.36. The summed E-state index contributed by atoms with van der Waals surface area (Å²) >= 11 is 0. The highest BCUT2D eigenvalue weighted by Crippen LogP contribution is 2.36. The molecule has 0 fully saturated rings. The third-order valence-corrected chi connectivity index (χ3v) is 5.36. The number of para-hydroxylation sites is 1. The Kier molecular flexibility index (Phi) is 7.09. The first kappa shape index (κ1) is 22.5. The van der Waals surface area contributed by atoms with Crippen molar-refractivity contribution < 1.29 is 9.90 Å². The average molecular weight is 414 g/mol. The molecule has 0 spiro atoms. The van der Waals surface area contributed by atoms with Crippen molar-refractivity contribution in [2.75, 3.05) is 5.32 Å². The fourth-order valence-corrected chi connectivity index (χ4v) is 3.54. The van der Waals surface area contributed by atoms with Gasteiger partial charge in [-0.1, -0.05) is 106 Å². The van der Waals surface area contributed by atoms with Crippen molar-refractivity contribution in [1.82, 2.24) is 0 Å². The van der Waals surface area contributed by atoms with Crippen LogP contribution < -0.4 is 5.32 Å². The van der Waals surface area contributed by atoms with Crippen LogP contribution in [0.1, 0.15) is 50.3 Å². The van der Waals surface area contributed by atoms with Gasteiger partial charge < -0.3 is 10.4 Å². The number of benzene rings is 3. The molecule has 0 heterocycles. The Morgan fingerprint density at radius 2 is 1.42 bits per heavy atom. The van der Waals surface area contributed by atoms with Crippen molar-refractivity contribution in [2.45, 2.75) is 39.7 Å². The van der Waals surface area contributed by atoms with Gasteiger partial charge in [0, 0.05) is 17.0 Å². The van der Waals surface area contributed by atoms with Crippen LogP contribution in [-0.2, 0) is 4.79 Å². The van der Waals surface area contributed by atoms with E-state index in [0.29, 0.717) is 0 Å². The molecule has 0 unspecified atom stereocenters. The molecule has 0 aliphatic rings. The first-order chi connectivity index (χ1) is 14.8. The van der Waals surface area contributed by atoms with Gasteiger partial charge in [0.25, 0.3) is 0 Å². The molecule has 3 heteroatoms. The topological polar surface area (TPSA) is 49.3 Å². The van der Waals surface area contributed by atoms with Crippen LogP contribution in [0, 0.1) is 5.41 Å². The molecule has 0 aliphatic carbocycles. The summed E-state index contributed by atoms with van der Waals surface area (Å²) in [4.78, 5) is 12.7. The van der Waals surface area contributed by atoms with E-state index >= 15 is 0 Å². The molecule has 3 nitrogen and oxygen atoms in total. The predicted octanol–water partition coefficient (Wildman–Crippen LogP) is 6.27. The number of aliphatic hydroxyl groups is 1. The summed E-state index contributed by atoms with van der Waals surface area (Å²) in [5.41, 5.74) is 3.99. The molecule has 3 rings (SSSR count). The van der Waals surface area contributed by atoms with E-state index in [2.05, 4.69) is 5.32 Å². The highest BCUT2D eigenvalue weighted by molar-refractivity contribution is 5.95. The van der Waals surface area contributed by atoms with Crippen molar-refractivity contribution in [3.63, 3.8) is 0 Å². The Balaban J connectivity index is 2.06. The molecule has 0 radical (unpaired) electrons. The number of hydrogen-bond donors (Lipinski definition) is 2. The number of rotatable bonds is 6. The van der Waals surface area contributed by atoms with Gasteiger partial charge in [-0.25, -0.2) is 0 Å². The van der Waals surface area contributed by atoms with E-state index in [-0.39, 0.29) is 11.8 Å². The van der Waals surface area contributed by atoms with Crippen LogP contribution in [-0.4, -0.2) is 17.1 Å². The molecule has 3 aromatic carbocycles. The number of carbonyl (C=O) groups is 1. The van der Waals surface area contributed by atoms with Gasteiger partial charge in [0.05, 0.1) is 6.10 Å². The van der Waals surface area contributed by atoms with Crippen LogP contribution >= 0.6 is 0 Å². The predicted molar refractivity (Wildman–Crippen MR) is 129 cm³/mol. The number of hydrogen-bond acceptors (Lipinski definition) is 2. The van der Waals surface area contributed by atoms with Crippen LogP contribution in [0.4, 0.5) is 5.69 Å². The molecule has 0 aromatic heterocycles. The van der Waals surface area contributed by atoms with Gasteiger partial charge in [-0.15, -0.1) is 0 Å². The minimum Gasteiger partial charge on any atom is -0.388 e. The summed E-state index contributed by atoms with van der Waals surface area (Å²) in [7, 11) is 0. The lowest BCUT2D eigenvalue weighted by Gasteiger charge is -2.28. The van der Waals surface area contributed by atoms with Gasteiger partial charge >= 0.3 is 0 Å². The molecule has 0 saturated carbocycles. The first-order valence-electron chi connectivity index (χ1n) is 10.6. The fourth-order valence-electron chi connectivity index (χ4n) is 3.54. The van der Waals surface area contributed by atoms with E-state index in [1.54, 1.807) is 0 Å². The lowest BCUT2D eigenvalue weighted by atomic mass is 9.82. The molecule has 2 N–H and O–H groups in total. The normalized spacial score (nSPS) is 14.0. The summed E-state index contributed by atoms with van der Waals surface area (Å²) in [5, 5.41) is 14.6. The summed E-state index contributed by atoms with van der Waals surface area (Å²) in [5.74, 6) is -0.379. The van der Waals surface area contributed by atoms with E-state index in [4.69, 9.17) is 0 Å². The Morgan fingerprint density at radius 1 is 0.871 bits per heavy atom. The Bertz CT molecular complexity index is 1030. The monoisotopic (exact) mass is 413 g/mol. The van der Waals surface area contributed by atoms with Crippen LogP contribution in [0.25, 0.3) is 6.08 Å². The molecule has 2 atom stereocenters. The van der Waals surface area contributed by atoms with Crippen molar-refractivity contribution in [1.29, 1.82) is 0 Å². The van der Waals surface area contributed by atoms with Crippen molar-refractivity contribution in [2.24, 2.45) is 5.41 Å². The highest BCUT2D eigenvalue weighted by Gasteiger charge is 2.28. The maximum Gasteiger partial charge on any atom is 0.229 e. The maximum absolute atomic E-state index is 12.7. The van der Waals surface area contributed by atoms with Gasteiger partial charge in [0.2, 0.25) is 5.91 Å². The second-order valence-electron chi connectivity index (χ2n) is 8.92. The molecule has 1 amide bonds. The van der Waals surface area contributed by atoms with E-state index < -0.39 is 11.5 Å². The van der Waals surface area contributed by atoms with E-state index in [1.807, 2.05) is 119 Å². The molecule has 0 aliphatic heterocycles. The van der Waals surface area contributed by atoms with Crippen molar-refractivity contribution in [3.8, 4) is 0 Å². The second kappa shape index (κ2) is 9.76. The number of nitrogens with one attached hydrogen (secondary N) is 1. The van der Waals surface area contributed by atoms with Gasteiger partial charge in [-0.2, -0.15) is 0 Å². The quantitative estimate of drug-likeness (QED) is 0.500. The molecule has 0 saturated heterocycles. The van der Waals surface area contributed by atoms with Crippen LogP contribution in [0.2, 0.25) is 0 Å². The SMILES string of the molecule is C/C(=C\c1ccccc1)[C@@H](O)[C@H](c1ccccc1)c1ccccc1NC(=O)C(C)(C)C. The summed E-state index contributed by atoms with van der Waals surface area (Å²) < 4.78 is 0. The lowest BCUT2D eigenvalue weighted by molar-refractivity contribution is -0.123. The molecular formula is C28H31NO2. The fraction of sp³-hybridized carbons (Fsp3) is 0.250. The number of amides is 1. The lowest BCUT2D eigenvalue weighted by Crippen LogP contribution is -2.29. The summed E-state index contributed by atoms with van der Waals surface area (Å²) in [6, 6.07) is 27.7. The Morgan fingerprint density at radius 3 is 2.03 bits per heavy atom. The number of carbonyl (C=O) groups excluding carboxylic acids is 1. The Hall–Kier alpha value is -3.17. The van der Waals surface area contributed by atoms with Crippen LogP contribution in [0.15, 0.2) is 90.5 Å². The molecular weight excluding hydrogens is 382 g/mol. The van der Waals surface area contributed by atoms with Gasteiger partial charge in [-0.05, 0) is 35.3 Å². The van der Waals surface area contributed by atoms with E-state index in [0.717, 1.165) is 28.0 Å². The van der Waals surface area contributed by atoms with Crippen LogP contribution in [0.3, 0.4) is 0 Å². The molecule has 160 valence electrons. The first-order valence-corrected chi connectivity index (χ1v) is 10.6. The third kappa shape index (κ3) is 5.71. The zero-order chi connectivity index (χ0) is 22.4. The van der Waals surface area contributed by atoms with E-state index in [9.17, 15) is 9.90 Å². The van der Waals surface area contributed by atoms with Crippen molar-refractivity contribution in [3.05, 3.63) is 107 Å². The highest BCUT2D eigenvalue weighted by atomic mass is 16.3. The van der Waals surface area contributed by atoms with Gasteiger partial charge in [0.15, 0.2) is 0 Å². The number of aliphatic hydroxyl groups excluding tert-OH is 1. The average Bonchev–Trinajstić information content (AvgIpc) is 2.76. The number of anilines is 1. The van der Waals surface area contributed by atoms with Crippen molar-refractivity contribution >= 4 is 17.7 Å². The molecule has 31 heavy (non-hydrogen) atoms. The van der Waals surface area contributed by atoms with Gasteiger partial charge in [-0.3, -0.25) is 4.79 Å². The minimum atomic E-state index is -0.754. The minimum absolute atomic E-state index is 0.0576. The summed E-state index contributed by atoms with van der Waals surface area (Å²) in [6.07, 6.45) is 1.26. The van der Waals surface area contributed by atoms with E-state index in [1.165, 1.54) is 0 Å². The molecule has 0 bridgehead atoms.